The van der Waals surface area contributed by atoms with Crippen LogP contribution in [0.5, 0.6) is 0 Å². The first-order chi connectivity index (χ1) is 7.74. The maximum atomic E-state index is 10.9. The summed E-state index contributed by atoms with van der Waals surface area (Å²) in [6.07, 6.45) is 10.1. The van der Waals surface area contributed by atoms with Gasteiger partial charge in [-0.3, -0.25) is 0 Å². The van der Waals surface area contributed by atoms with E-state index in [0.717, 1.165) is 19.3 Å². The lowest BCUT2D eigenvalue weighted by atomic mass is 10.0. The molecule has 1 N–H and O–H groups in total. The van der Waals surface area contributed by atoms with Gasteiger partial charge >= 0.3 is 6.09 Å². The summed E-state index contributed by atoms with van der Waals surface area (Å²) < 4.78 is 5.16. The molecule has 1 aliphatic heterocycles. The number of alkyl carbamates (subject to hydrolysis) is 1. The number of cyclic esters (lactones) is 1. The highest BCUT2D eigenvalue weighted by Gasteiger charge is 2.29. The average Bonchev–Trinajstić information content (AvgIpc) is 2.56. The van der Waals surface area contributed by atoms with Gasteiger partial charge in [0.1, 0.15) is 6.10 Å². The van der Waals surface area contributed by atoms with Crippen LogP contribution >= 0.6 is 0 Å². The molecule has 1 fully saturated rings. The minimum atomic E-state index is -0.261. The molecule has 0 unspecified atom stereocenters. The van der Waals surface area contributed by atoms with Gasteiger partial charge in [0, 0.05) is 0 Å². The fraction of sp³-hybridized carbons (Fsp3) is 0.769. The Bertz CT molecular complexity index is 228. The Balaban J connectivity index is 1.95. The fourth-order valence-electron chi connectivity index (χ4n) is 2.03. The smallest absolute Gasteiger partial charge is 0.407 e. The minimum absolute atomic E-state index is 0.0840. The van der Waals surface area contributed by atoms with E-state index in [-0.39, 0.29) is 18.2 Å². The first-order valence-electron chi connectivity index (χ1n) is 6.32. The molecular formula is C13H23NO2. The summed E-state index contributed by atoms with van der Waals surface area (Å²) in [5.41, 5.74) is 0. The Morgan fingerprint density at radius 3 is 2.62 bits per heavy atom. The number of nitrogens with one attached hydrogen (secondary N) is 1. The molecule has 0 aromatic rings. The van der Waals surface area contributed by atoms with Crippen molar-refractivity contribution >= 4 is 6.09 Å². The van der Waals surface area contributed by atoms with Crippen LogP contribution in [0.4, 0.5) is 4.79 Å². The van der Waals surface area contributed by atoms with Crippen molar-refractivity contribution in [3.63, 3.8) is 0 Å². The predicted molar refractivity (Wildman–Crippen MR) is 65.4 cm³/mol. The number of ether oxygens (including phenoxy) is 1. The van der Waals surface area contributed by atoms with Gasteiger partial charge in [0.15, 0.2) is 0 Å². The topological polar surface area (TPSA) is 38.3 Å². The summed E-state index contributed by atoms with van der Waals surface area (Å²) in [6.45, 7) is 5.71. The number of rotatable bonds is 8. The third kappa shape index (κ3) is 4.69. The lowest BCUT2D eigenvalue weighted by Gasteiger charge is -2.11. The third-order valence-corrected chi connectivity index (χ3v) is 3.06. The van der Waals surface area contributed by atoms with Gasteiger partial charge in [-0.25, -0.2) is 4.79 Å². The van der Waals surface area contributed by atoms with Crippen LogP contribution < -0.4 is 5.32 Å². The molecule has 1 aliphatic rings. The van der Waals surface area contributed by atoms with Crippen LogP contribution in [0, 0.1) is 0 Å². The van der Waals surface area contributed by atoms with Crippen molar-refractivity contribution in [2.75, 3.05) is 0 Å². The second kappa shape index (κ2) is 7.31. The van der Waals surface area contributed by atoms with E-state index in [9.17, 15) is 4.79 Å². The van der Waals surface area contributed by atoms with Gasteiger partial charge in [0.25, 0.3) is 0 Å². The molecule has 2 atom stereocenters. The Morgan fingerprint density at radius 1 is 1.31 bits per heavy atom. The molecule has 3 nitrogen and oxygen atoms in total. The Labute approximate surface area is 98.2 Å². The maximum absolute atomic E-state index is 10.9. The quantitative estimate of drug-likeness (QED) is 0.508. The number of carbonyl (C=O) groups excluding carboxylic acids is 1. The van der Waals surface area contributed by atoms with Crippen molar-refractivity contribution in [2.45, 2.75) is 64.0 Å². The van der Waals surface area contributed by atoms with Crippen LogP contribution in [0.15, 0.2) is 12.7 Å². The zero-order chi connectivity index (χ0) is 11.8. The Morgan fingerprint density at radius 2 is 2.00 bits per heavy atom. The molecule has 3 heteroatoms. The second-order valence-electron chi connectivity index (χ2n) is 4.51. The third-order valence-electron chi connectivity index (χ3n) is 3.06. The number of hydrogen-bond acceptors (Lipinski definition) is 2. The van der Waals surface area contributed by atoms with Crippen molar-refractivity contribution in [1.29, 1.82) is 0 Å². The zero-order valence-corrected chi connectivity index (χ0v) is 10.2. The second-order valence-corrected chi connectivity index (χ2v) is 4.51. The van der Waals surface area contributed by atoms with E-state index in [4.69, 9.17) is 4.74 Å². The first kappa shape index (κ1) is 13.1. The number of unbranched alkanes of at least 4 members (excludes halogenated alkanes) is 5. The number of hydrogen-bond donors (Lipinski definition) is 1. The summed E-state index contributed by atoms with van der Waals surface area (Å²) in [5.74, 6) is 0. The van der Waals surface area contributed by atoms with Crippen LogP contribution in [0.3, 0.4) is 0 Å². The van der Waals surface area contributed by atoms with E-state index in [1.54, 1.807) is 0 Å². The van der Waals surface area contributed by atoms with Crippen molar-refractivity contribution in [2.24, 2.45) is 0 Å². The summed E-state index contributed by atoms with van der Waals surface area (Å²) in [5, 5.41) is 2.76. The van der Waals surface area contributed by atoms with Gasteiger partial charge in [-0.15, -0.1) is 6.58 Å². The molecule has 92 valence electrons. The van der Waals surface area contributed by atoms with Crippen LogP contribution in [-0.2, 0) is 4.74 Å². The van der Waals surface area contributed by atoms with Crippen molar-refractivity contribution in [3.8, 4) is 0 Å². The van der Waals surface area contributed by atoms with E-state index in [1.807, 2.05) is 13.0 Å². The highest BCUT2D eigenvalue weighted by atomic mass is 16.6. The van der Waals surface area contributed by atoms with Crippen molar-refractivity contribution < 1.29 is 9.53 Å². The fourth-order valence-corrected chi connectivity index (χ4v) is 2.03. The minimum Gasteiger partial charge on any atom is -0.444 e. The zero-order valence-electron chi connectivity index (χ0n) is 10.2. The van der Waals surface area contributed by atoms with Gasteiger partial charge in [-0.1, -0.05) is 25.3 Å². The van der Waals surface area contributed by atoms with Gasteiger partial charge in [0.05, 0.1) is 6.04 Å². The normalized spacial score (nSPS) is 23.9. The molecule has 1 saturated heterocycles. The molecule has 1 amide bonds. The molecule has 0 aromatic carbocycles. The van der Waals surface area contributed by atoms with E-state index >= 15 is 0 Å². The van der Waals surface area contributed by atoms with Crippen molar-refractivity contribution in [1.82, 2.24) is 5.32 Å². The van der Waals surface area contributed by atoms with Crippen molar-refractivity contribution in [3.05, 3.63) is 12.7 Å². The average molecular weight is 225 g/mol. The van der Waals surface area contributed by atoms with Crippen LogP contribution in [0.1, 0.15) is 51.9 Å². The molecule has 0 radical (unpaired) electrons. The maximum Gasteiger partial charge on any atom is 0.407 e. The lowest BCUT2D eigenvalue weighted by Crippen LogP contribution is -2.27. The van der Waals surface area contributed by atoms with E-state index in [1.165, 1.54) is 25.7 Å². The number of carbonyl (C=O) groups is 1. The molecule has 16 heavy (non-hydrogen) atoms. The SMILES string of the molecule is C=CCCCCCCC[C@H]1OC(=O)N[C@H]1C. The van der Waals surface area contributed by atoms with Gasteiger partial charge in [0.2, 0.25) is 0 Å². The van der Waals surface area contributed by atoms with E-state index < -0.39 is 0 Å². The monoisotopic (exact) mass is 225 g/mol. The largest absolute Gasteiger partial charge is 0.444 e. The highest BCUT2D eigenvalue weighted by Crippen LogP contribution is 2.16. The Kier molecular flexibility index (Phi) is 5.98. The highest BCUT2D eigenvalue weighted by molar-refractivity contribution is 5.70. The molecule has 0 spiro atoms. The van der Waals surface area contributed by atoms with Gasteiger partial charge < -0.3 is 10.1 Å². The summed E-state index contributed by atoms with van der Waals surface area (Å²) in [4.78, 5) is 10.9. The first-order valence-corrected chi connectivity index (χ1v) is 6.32. The van der Waals surface area contributed by atoms with Crippen LogP contribution in [0.2, 0.25) is 0 Å². The molecule has 1 heterocycles. The van der Waals surface area contributed by atoms with Crippen LogP contribution in [-0.4, -0.2) is 18.2 Å². The molecule has 0 aliphatic carbocycles. The summed E-state index contributed by atoms with van der Waals surface area (Å²) in [6, 6.07) is 0.174. The van der Waals surface area contributed by atoms with E-state index in [2.05, 4.69) is 11.9 Å². The standard InChI is InChI=1S/C13H23NO2/c1-3-4-5-6-7-8-9-10-12-11(2)14-13(15)16-12/h3,11-12H,1,4-10H2,2H3,(H,14,15)/t11-,12+/m0/s1. The van der Waals surface area contributed by atoms with E-state index in [0.29, 0.717) is 0 Å². The Hall–Kier alpha value is -0.990. The lowest BCUT2D eigenvalue weighted by molar-refractivity contribution is 0.126. The molecule has 0 aromatic heterocycles. The predicted octanol–water partition coefficient (Wildman–Crippen LogP) is 3.40. The molecule has 0 bridgehead atoms. The number of amides is 1. The molecule has 0 saturated carbocycles. The molecular weight excluding hydrogens is 202 g/mol. The van der Waals surface area contributed by atoms with Crippen LogP contribution in [0.25, 0.3) is 0 Å². The molecule has 1 rings (SSSR count). The summed E-state index contributed by atoms with van der Waals surface area (Å²) >= 11 is 0. The van der Waals surface area contributed by atoms with Gasteiger partial charge in [-0.2, -0.15) is 0 Å². The van der Waals surface area contributed by atoms with Gasteiger partial charge in [-0.05, 0) is 32.6 Å². The number of allylic oxidation sites excluding steroid dienone is 1. The summed E-state index contributed by atoms with van der Waals surface area (Å²) in [7, 11) is 0.